The van der Waals surface area contributed by atoms with Crippen molar-refractivity contribution in [1.29, 1.82) is 0 Å². The summed E-state index contributed by atoms with van der Waals surface area (Å²) >= 11 is 0. The minimum Gasteiger partial charge on any atom is -0.309 e. The van der Waals surface area contributed by atoms with Crippen molar-refractivity contribution in [2.75, 3.05) is 0 Å². The molecule has 0 aliphatic rings. The molecule has 0 saturated heterocycles. The fourth-order valence-corrected chi connectivity index (χ4v) is 9.73. The van der Waals surface area contributed by atoms with Crippen LogP contribution in [0, 0.1) is 0 Å². The number of nitrogens with zero attached hydrogens (tertiary/aromatic N) is 6. The van der Waals surface area contributed by atoms with E-state index in [1.165, 1.54) is 54.4 Å². The van der Waals surface area contributed by atoms with E-state index in [2.05, 4.69) is 193 Å². The summed E-state index contributed by atoms with van der Waals surface area (Å²) in [7, 11) is 0. The van der Waals surface area contributed by atoms with Crippen molar-refractivity contribution in [3.63, 3.8) is 0 Å². The molecule has 270 valence electrons. The maximum absolute atomic E-state index is 4.87. The first-order chi connectivity index (χ1) is 28.8. The Morgan fingerprint density at radius 3 is 1.40 bits per heavy atom. The number of benzene rings is 7. The van der Waals surface area contributed by atoms with Crippen LogP contribution in [0.2, 0.25) is 0 Å². The quantitative estimate of drug-likeness (QED) is 0.180. The minimum absolute atomic E-state index is 0.955. The molecular formula is C52H32N6. The third kappa shape index (κ3) is 4.20. The normalized spacial score (nSPS) is 12.1. The molecule has 13 rings (SSSR count). The van der Waals surface area contributed by atoms with Crippen LogP contribution < -0.4 is 0 Å². The van der Waals surface area contributed by atoms with Crippen molar-refractivity contribution in [2.45, 2.75) is 0 Å². The number of rotatable bonds is 4. The van der Waals surface area contributed by atoms with Crippen LogP contribution in [0.15, 0.2) is 195 Å². The van der Waals surface area contributed by atoms with Crippen LogP contribution in [0.1, 0.15) is 0 Å². The number of para-hydroxylation sites is 4. The fourth-order valence-electron chi connectivity index (χ4n) is 9.73. The van der Waals surface area contributed by atoms with Gasteiger partial charge in [-0.3, -0.25) is 9.55 Å². The highest BCUT2D eigenvalue weighted by Crippen LogP contribution is 2.44. The molecule has 0 N–H and O–H groups in total. The smallest absolute Gasteiger partial charge is 0.145 e. The Labute approximate surface area is 331 Å². The predicted octanol–water partition coefficient (Wildman–Crippen LogP) is 12.9. The van der Waals surface area contributed by atoms with E-state index in [4.69, 9.17) is 4.98 Å². The van der Waals surface area contributed by atoms with E-state index in [1.54, 1.807) is 0 Å². The molecule has 58 heavy (non-hydrogen) atoms. The van der Waals surface area contributed by atoms with E-state index >= 15 is 0 Å². The second kappa shape index (κ2) is 11.8. The minimum atomic E-state index is 0.955. The molecule has 6 aromatic heterocycles. The number of hydrogen-bond donors (Lipinski definition) is 0. The van der Waals surface area contributed by atoms with Gasteiger partial charge in [0.15, 0.2) is 0 Å². The molecular weight excluding hydrogens is 709 g/mol. The monoisotopic (exact) mass is 740 g/mol. The molecule has 0 unspecified atom stereocenters. The first kappa shape index (κ1) is 31.3. The first-order valence-corrected chi connectivity index (χ1v) is 19.7. The number of pyridine rings is 2. The molecule has 0 fully saturated rings. The summed E-state index contributed by atoms with van der Waals surface area (Å²) in [5.74, 6) is 0. The highest BCUT2D eigenvalue weighted by molar-refractivity contribution is 6.29. The van der Waals surface area contributed by atoms with Crippen molar-refractivity contribution in [3.8, 4) is 22.7 Å². The molecule has 0 bridgehead atoms. The lowest BCUT2D eigenvalue weighted by atomic mass is 10.1. The average molecular weight is 741 g/mol. The van der Waals surface area contributed by atoms with Crippen molar-refractivity contribution in [2.24, 2.45) is 0 Å². The van der Waals surface area contributed by atoms with Crippen molar-refractivity contribution in [3.05, 3.63) is 195 Å². The SMILES string of the molecule is c1ccc(-n2c3ccncc3c3cc(-n4c5ccccc5c5c6c7ccccc7n(-c7ccc8c(c7)c7cccnc7n8-c7ccccc7)c6ccc54)ccc32)cc1. The topological polar surface area (TPSA) is 45.5 Å². The van der Waals surface area contributed by atoms with Gasteiger partial charge in [0.05, 0.1) is 38.6 Å². The van der Waals surface area contributed by atoms with E-state index < -0.39 is 0 Å². The Hall–Kier alpha value is -7.96. The second-order valence-corrected chi connectivity index (χ2v) is 15.1. The van der Waals surface area contributed by atoms with Gasteiger partial charge < -0.3 is 13.7 Å². The van der Waals surface area contributed by atoms with Gasteiger partial charge in [0.25, 0.3) is 0 Å². The summed E-state index contributed by atoms with van der Waals surface area (Å²) in [5.41, 5.74) is 13.6. The van der Waals surface area contributed by atoms with Crippen molar-refractivity contribution in [1.82, 2.24) is 28.2 Å². The molecule has 0 aliphatic heterocycles. The van der Waals surface area contributed by atoms with Gasteiger partial charge in [0.1, 0.15) is 5.65 Å². The van der Waals surface area contributed by atoms with Gasteiger partial charge in [-0.1, -0.05) is 72.8 Å². The van der Waals surface area contributed by atoms with Gasteiger partial charge >= 0.3 is 0 Å². The lowest BCUT2D eigenvalue weighted by Gasteiger charge is -2.11. The van der Waals surface area contributed by atoms with Crippen LogP contribution >= 0.6 is 0 Å². The Bertz CT molecular complexity index is 3540. The number of fused-ring (bicyclic) bond motifs is 13. The molecule has 6 heterocycles. The third-order valence-corrected chi connectivity index (χ3v) is 12.1. The third-order valence-electron chi connectivity index (χ3n) is 12.1. The van der Waals surface area contributed by atoms with Gasteiger partial charge in [0, 0.05) is 84.4 Å². The van der Waals surface area contributed by atoms with Crippen LogP contribution in [0.4, 0.5) is 0 Å². The molecule has 13 aromatic rings. The zero-order valence-electron chi connectivity index (χ0n) is 31.2. The highest BCUT2D eigenvalue weighted by Gasteiger charge is 2.22. The highest BCUT2D eigenvalue weighted by atomic mass is 15.1. The Morgan fingerprint density at radius 2 is 0.759 bits per heavy atom. The summed E-state index contributed by atoms with van der Waals surface area (Å²) in [6.07, 6.45) is 5.77. The lowest BCUT2D eigenvalue weighted by molar-refractivity contribution is 1.13. The molecule has 7 aromatic carbocycles. The van der Waals surface area contributed by atoms with E-state index in [0.29, 0.717) is 0 Å². The summed E-state index contributed by atoms with van der Waals surface area (Å²) in [4.78, 5) is 9.45. The summed E-state index contributed by atoms with van der Waals surface area (Å²) in [5, 5.41) is 9.58. The van der Waals surface area contributed by atoms with Crippen LogP contribution in [0.5, 0.6) is 0 Å². The maximum Gasteiger partial charge on any atom is 0.145 e. The van der Waals surface area contributed by atoms with Gasteiger partial charge in [0.2, 0.25) is 0 Å². The van der Waals surface area contributed by atoms with Crippen LogP contribution in [0.25, 0.3) is 110 Å². The standard InChI is InChI=1S/C52H32N6/c1-3-12-33(13-4-1)55-45-23-21-36(31-41(45)42-32-53-29-27-47(42)55)57-44-20-10-8-17-39(44)51-49(57)26-25-48-50(51)38-16-7-9-19-43(38)56(48)35-22-24-46-40(30-35)37-18-11-28-54-52(37)58(46)34-14-5-2-6-15-34/h1-32H. The second-order valence-electron chi connectivity index (χ2n) is 15.1. The molecule has 0 saturated carbocycles. The van der Waals surface area contributed by atoms with Crippen molar-refractivity contribution < 1.29 is 0 Å². The summed E-state index contributed by atoms with van der Waals surface area (Å²) < 4.78 is 9.49. The van der Waals surface area contributed by atoms with Gasteiger partial charge in [-0.05, 0) is 103 Å². The summed E-state index contributed by atoms with van der Waals surface area (Å²) in [6.45, 7) is 0. The number of aromatic nitrogens is 6. The molecule has 0 atom stereocenters. The Balaban J connectivity index is 1.08. The molecule has 0 spiro atoms. The first-order valence-electron chi connectivity index (χ1n) is 19.7. The zero-order chi connectivity index (χ0) is 37.9. The van der Waals surface area contributed by atoms with Crippen LogP contribution in [-0.4, -0.2) is 28.2 Å². The van der Waals surface area contributed by atoms with E-state index in [0.717, 1.165) is 55.7 Å². The molecule has 6 nitrogen and oxygen atoms in total. The van der Waals surface area contributed by atoms with E-state index in [1.807, 2.05) is 24.7 Å². The summed E-state index contributed by atoms with van der Waals surface area (Å²) in [6, 6.07) is 63.5. The predicted molar refractivity (Wildman–Crippen MR) is 239 cm³/mol. The van der Waals surface area contributed by atoms with Crippen LogP contribution in [0.3, 0.4) is 0 Å². The Morgan fingerprint density at radius 1 is 0.293 bits per heavy atom. The molecule has 6 heteroatoms. The fraction of sp³-hybridized carbons (Fsp3) is 0. The molecule has 0 aliphatic carbocycles. The molecule has 0 radical (unpaired) electrons. The maximum atomic E-state index is 4.87. The van der Waals surface area contributed by atoms with Gasteiger partial charge in [-0.25, -0.2) is 4.98 Å². The Kier molecular flexibility index (Phi) is 6.35. The number of hydrogen-bond acceptors (Lipinski definition) is 2. The van der Waals surface area contributed by atoms with Crippen molar-refractivity contribution >= 4 is 87.4 Å². The van der Waals surface area contributed by atoms with Gasteiger partial charge in [-0.2, -0.15) is 0 Å². The zero-order valence-corrected chi connectivity index (χ0v) is 31.2. The van der Waals surface area contributed by atoms with E-state index in [-0.39, 0.29) is 0 Å². The lowest BCUT2D eigenvalue weighted by Crippen LogP contribution is -1.96. The van der Waals surface area contributed by atoms with E-state index in [9.17, 15) is 0 Å². The van der Waals surface area contributed by atoms with Crippen LogP contribution in [-0.2, 0) is 0 Å². The largest absolute Gasteiger partial charge is 0.309 e. The molecule has 0 amide bonds. The van der Waals surface area contributed by atoms with Gasteiger partial charge in [-0.15, -0.1) is 0 Å². The average Bonchev–Trinajstić information content (AvgIpc) is 4.01.